The predicted octanol–water partition coefficient (Wildman–Crippen LogP) is 2.85. The van der Waals surface area contributed by atoms with Gasteiger partial charge in [-0.05, 0) is 68.2 Å². The van der Waals surface area contributed by atoms with Gasteiger partial charge in [0.15, 0.2) is 0 Å². The van der Waals surface area contributed by atoms with E-state index in [9.17, 15) is 17.6 Å². The zero-order valence-corrected chi connectivity index (χ0v) is 17.4. The van der Waals surface area contributed by atoms with E-state index in [4.69, 9.17) is 0 Å². The third-order valence-corrected chi connectivity index (χ3v) is 7.07. The van der Waals surface area contributed by atoms with E-state index in [1.54, 1.807) is 13.0 Å². The molecule has 1 fully saturated rings. The van der Waals surface area contributed by atoms with Crippen LogP contribution in [0.4, 0.5) is 4.39 Å². The van der Waals surface area contributed by atoms with Gasteiger partial charge in [-0.1, -0.05) is 37.3 Å². The van der Waals surface area contributed by atoms with Crippen molar-refractivity contribution < 1.29 is 17.6 Å². The number of carbonyl (C=O) groups excluding carboxylic acids is 1. The molecule has 1 heterocycles. The number of rotatable bonds is 6. The maximum atomic E-state index is 14.6. The summed E-state index contributed by atoms with van der Waals surface area (Å²) in [5, 5.41) is -0.576. The summed E-state index contributed by atoms with van der Waals surface area (Å²) in [5.74, 6) is -1.49. The van der Waals surface area contributed by atoms with Crippen LogP contribution < -0.4 is 10.3 Å². The van der Waals surface area contributed by atoms with Gasteiger partial charge in [0.25, 0.3) is 5.91 Å². The number of hydrazine groups is 1. The van der Waals surface area contributed by atoms with E-state index in [2.05, 4.69) is 15.2 Å². The number of benzene rings is 2. The Bertz CT molecular complexity index is 972. The van der Waals surface area contributed by atoms with Crippen LogP contribution in [0.15, 0.2) is 42.5 Å². The molecular weight excluding hydrogens is 393 g/mol. The standard InChI is InChI=1S/C21H26FN3O3S/c1-3-25-11-9-18(10-12-25)29(27,28)24-23-21(26)19-14-17(13-15(2)20(19)22)16-7-5-4-6-8-16/h4-8,13-14,18,24H,3,9-12H2,1-2H3,(H,23,26). The van der Waals surface area contributed by atoms with Crippen LogP contribution in [0.3, 0.4) is 0 Å². The number of likely N-dealkylation sites (tertiary alicyclic amines) is 1. The maximum absolute atomic E-state index is 14.6. The van der Waals surface area contributed by atoms with Crippen molar-refractivity contribution in [3.63, 3.8) is 0 Å². The number of amides is 1. The van der Waals surface area contributed by atoms with Gasteiger partial charge >= 0.3 is 0 Å². The van der Waals surface area contributed by atoms with Crippen LogP contribution in [-0.2, 0) is 10.0 Å². The van der Waals surface area contributed by atoms with Gasteiger partial charge in [0, 0.05) is 0 Å². The Morgan fingerprint density at radius 3 is 2.41 bits per heavy atom. The normalized spacial score (nSPS) is 16.0. The summed E-state index contributed by atoms with van der Waals surface area (Å²) in [6.07, 6.45) is 0.992. The first-order chi connectivity index (χ1) is 13.8. The first-order valence-electron chi connectivity index (χ1n) is 9.70. The maximum Gasteiger partial charge on any atom is 0.269 e. The van der Waals surface area contributed by atoms with Crippen molar-refractivity contribution in [1.82, 2.24) is 15.2 Å². The van der Waals surface area contributed by atoms with Gasteiger partial charge in [-0.2, -0.15) is 0 Å². The number of carbonyl (C=O) groups is 1. The molecule has 2 aromatic carbocycles. The zero-order valence-electron chi connectivity index (χ0n) is 16.6. The highest BCUT2D eigenvalue weighted by Crippen LogP contribution is 2.25. The van der Waals surface area contributed by atoms with E-state index >= 15 is 0 Å². The number of nitrogens with zero attached hydrogens (tertiary/aromatic N) is 1. The number of hydrogen-bond acceptors (Lipinski definition) is 4. The molecule has 0 atom stereocenters. The van der Waals surface area contributed by atoms with Gasteiger partial charge in [0.05, 0.1) is 10.8 Å². The van der Waals surface area contributed by atoms with Crippen LogP contribution in [0.2, 0.25) is 0 Å². The van der Waals surface area contributed by atoms with Gasteiger partial charge in [0.2, 0.25) is 10.0 Å². The lowest BCUT2D eigenvalue weighted by Crippen LogP contribution is -2.49. The Morgan fingerprint density at radius 2 is 1.79 bits per heavy atom. The number of halogens is 1. The molecule has 0 bridgehead atoms. The number of aryl methyl sites for hydroxylation is 1. The molecule has 3 rings (SSSR count). The Morgan fingerprint density at radius 1 is 1.14 bits per heavy atom. The van der Waals surface area contributed by atoms with Crippen molar-refractivity contribution in [2.45, 2.75) is 31.9 Å². The number of hydrogen-bond donors (Lipinski definition) is 2. The number of nitrogens with one attached hydrogen (secondary N) is 2. The van der Waals surface area contributed by atoms with Crippen LogP contribution in [0.1, 0.15) is 35.7 Å². The molecule has 2 N–H and O–H groups in total. The molecule has 6 nitrogen and oxygen atoms in total. The summed E-state index contributed by atoms with van der Waals surface area (Å²) in [7, 11) is -3.73. The highest BCUT2D eigenvalue weighted by Gasteiger charge is 2.30. The van der Waals surface area contributed by atoms with Crippen LogP contribution in [-0.4, -0.2) is 44.1 Å². The van der Waals surface area contributed by atoms with Gasteiger partial charge in [-0.25, -0.2) is 12.8 Å². The predicted molar refractivity (Wildman–Crippen MR) is 111 cm³/mol. The van der Waals surface area contributed by atoms with E-state index < -0.39 is 27.0 Å². The molecule has 0 unspecified atom stereocenters. The third-order valence-electron chi connectivity index (χ3n) is 5.33. The van der Waals surface area contributed by atoms with Crippen molar-refractivity contribution in [3.05, 3.63) is 59.4 Å². The lowest BCUT2D eigenvalue weighted by atomic mass is 9.99. The lowest BCUT2D eigenvalue weighted by molar-refractivity contribution is 0.0940. The quantitative estimate of drug-likeness (QED) is 0.706. The lowest BCUT2D eigenvalue weighted by Gasteiger charge is -2.30. The minimum atomic E-state index is -3.73. The Balaban J connectivity index is 1.73. The van der Waals surface area contributed by atoms with Gasteiger partial charge in [-0.3, -0.25) is 10.2 Å². The van der Waals surface area contributed by atoms with Gasteiger partial charge in [0.1, 0.15) is 5.82 Å². The summed E-state index contributed by atoms with van der Waals surface area (Å²) in [6.45, 7) is 5.89. The molecule has 0 saturated carbocycles. The molecule has 1 saturated heterocycles. The van der Waals surface area contributed by atoms with E-state index in [1.165, 1.54) is 6.07 Å². The molecular formula is C21H26FN3O3S. The smallest absolute Gasteiger partial charge is 0.269 e. The van der Waals surface area contributed by atoms with Gasteiger partial charge < -0.3 is 4.90 Å². The summed E-state index contributed by atoms with van der Waals surface area (Å²) in [4.78, 5) is 16.9. The van der Waals surface area contributed by atoms with Crippen molar-refractivity contribution in [2.24, 2.45) is 0 Å². The van der Waals surface area contributed by atoms with E-state index in [1.807, 2.05) is 37.3 Å². The minimum absolute atomic E-state index is 0.202. The fraction of sp³-hybridized carbons (Fsp3) is 0.381. The molecule has 0 aliphatic carbocycles. The van der Waals surface area contributed by atoms with Crippen molar-refractivity contribution in [1.29, 1.82) is 0 Å². The second-order valence-corrected chi connectivity index (χ2v) is 9.22. The first kappa shape index (κ1) is 21.4. The van der Waals surface area contributed by atoms with Crippen LogP contribution in [0.25, 0.3) is 11.1 Å². The van der Waals surface area contributed by atoms with E-state index in [-0.39, 0.29) is 5.56 Å². The monoisotopic (exact) mass is 419 g/mol. The summed E-state index contributed by atoms with van der Waals surface area (Å²) < 4.78 is 39.6. The second-order valence-electron chi connectivity index (χ2n) is 7.26. The molecule has 8 heteroatoms. The Kier molecular flexibility index (Phi) is 6.66. The molecule has 1 amide bonds. The summed E-state index contributed by atoms with van der Waals surface area (Å²) >= 11 is 0. The highest BCUT2D eigenvalue weighted by atomic mass is 32.2. The van der Waals surface area contributed by atoms with E-state index in [0.717, 1.165) is 12.1 Å². The largest absolute Gasteiger partial charge is 0.304 e. The van der Waals surface area contributed by atoms with Crippen LogP contribution in [0.5, 0.6) is 0 Å². The second kappa shape index (κ2) is 9.02. The van der Waals surface area contributed by atoms with Crippen LogP contribution >= 0.6 is 0 Å². The molecule has 1 aliphatic heterocycles. The fourth-order valence-corrected chi connectivity index (χ4v) is 4.77. The molecule has 29 heavy (non-hydrogen) atoms. The van der Waals surface area contributed by atoms with E-state index in [0.29, 0.717) is 37.1 Å². The van der Waals surface area contributed by atoms with Crippen molar-refractivity contribution in [2.75, 3.05) is 19.6 Å². The van der Waals surface area contributed by atoms with Gasteiger partial charge in [-0.15, -0.1) is 4.83 Å². The highest BCUT2D eigenvalue weighted by molar-refractivity contribution is 7.90. The molecule has 156 valence electrons. The SMILES string of the molecule is CCN1CCC(S(=O)(=O)NNC(=O)c2cc(-c3ccccc3)cc(C)c2F)CC1. The zero-order chi connectivity index (χ0) is 21.0. The molecule has 2 aromatic rings. The topological polar surface area (TPSA) is 78.5 Å². The molecule has 1 aliphatic rings. The fourth-order valence-electron chi connectivity index (χ4n) is 3.54. The Hall–Kier alpha value is -2.29. The first-order valence-corrected chi connectivity index (χ1v) is 11.3. The van der Waals surface area contributed by atoms with Crippen molar-refractivity contribution in [3.8, 4) is 11.1 Å². The average molecular weight is 420 g/mol. The van der Waals surface area contributed by atoms with Crippen LogP contribution in [0, 0.1) is 12.7 Å². The molecule has 0 spiro atoms. The van der Waals surface area contributed by atoms with Crippen molar-refractivity contribution >= 4 is 15.9 Å². The Labute approximate surface area is 171 Å². The number of piperidine rings is 1. The molecule has 0 aromatic heterocycles. The average Bonchev–Trinajstić information content (AvgIpc) is 2.74. The molecule has 0 radical (unpaired) electrons. The third kappa shape index (κ3) is 5.01. The summed E-state index contributed by atoms with van der Waals surface area (Å²) in [5.41, 5.74) is 3.81. The number of sulfonamides is 1. The minimum Gasteiger partial charge on any atom is -0.304 e. The summed E-state index contributed by atoms with van der Waals surface area (Å²) in [6, 6.07) is 12.4.